The molecule has 25 heavy (non-hydrogen) atoms. The minimum absolute atomic E-state index is 0.301. The molecule has 1 aromatic rings. The van der Waals surface area contributed by atoms with Gasteiger partial charge >= 0.3 is 5.97 Å². The van der Waals surface area contributed by atoms with Gasteiger partial charge in [0.1, 0.15) is 0 Å². The zero-order valence-corrected chi connectivity index (χ0v) is 14.8. The van der Waals surface area contributed by atoms with E-state index >= 15 is 0 Å². The molecule has 1 saturated carbocycles. The molecule has 1 aliphatic carbocycles. The van der Waals surface area contributed by atoms with Crippen LogP contribution in [0, 0.1) is 17.8 Å². The molecular formula is C21H26O4. The number of benzene rings is 1. The summed E-state index contributed by atoms with van der Waals surface area (Å²) in [4.78, 5) is 37.5. The van der Waals surface area contributed by atoms with E-state index in [0.29, 0.717) is 18.8 Å². The second-order valence-electron chi connectivity index (χ2n) is 7.49. The Bertz CT molecular complexity index is 631. The maximum Gasteiger partial charge on any atom is 0.325 e. The first-order valence-electron chi connectivity index (χ1n) is 9.38. The van der Waals surface area contributed by atoms with Gasteiger partial charge in [0.05, 0.1) is 0 Å². The highest BCUT2D eigenvalue weighted by Gasteiger charge is 2.49. The lowest BCUT2D eigenvalue weighted by molar-refractivity contribution is -0.148. The fourth-order valence-electron chi connectivity index (χ4n) is 4.07. The van der Waals surface area contributed by atoms with Crippen LogP contribution in [0.1, 0.15) is 51.0 Å². The fraction of sp³-hybridized carbons (Fsp3) is 0.571. The van der Waals surface area contributed by atoms with Crippen LogP contribution < -0.4 is 0 Å². The molecule has 2 aliphatic rings. The molecule has 4 heteroatoms. The summed E-state index contributed by atoms with van der Waals surface area (Å²) in [6, 6.07) is 9.65. The summed E-state index contributed by atoms with van der Waals surface area (Å²) in [6.07, 6.45) is 6.17. The molecule has 134 valence electrons. The van der Waals surface area contributed by atoms with Crippen molar-refractivity contribution in [3.05, 3.63) is 35.9 Å². The number of carbonyl (C=O) groups is 3. The van der Waals surface area contributed by atoms with Crippen molar-refractivity contribution in [1.82, 2.24) is 0 Å². The highest BCUT2D eigenvalue weighted by Crippen LogP contribution is 2.32. The Labute approximate surface area is 148 Å². The molecule has 0 spiro atoms. The lowest BCUT2D eigenvalue weighted by Gasteiger charge is -2.23. The Kier molecular flexibility index (Phi) is 5.67. The van der Waals surface area contributed by atoms with Crippen LogP contribution in [0.25, 0.3) is 0 Å². The van der Waals surface area contributed by atoms with Crippen molar-refractivity contribution in [3.8, 4) is 0 Å². The Hall–Kier alpha value is -1.97. The van der Waals surface area contributed by atoms with Crippen molar-refractivity contribution in [1.29, 1.82) is 0 Å². The Morgan fingerprint density at radius 1 is 1.12 bits per heavy atom. The van der Waals surface area contributed by atoms with Gasteiger partial charge in [0.2, 0.25) is 0 Å². The standard InChI is InChI=1S/C21H26O4/c1-14(12-15-8-4-2-5-9-15)19(22)18-20(23)17(25-21(18)24)13-16-10-6-3-7-11-16/h2,4-5,8-9,14,16-18H,3,6-7,10-13H2,1H3. The molecule has 1 heterocycles. The molecule has 1 aromatic carbocycles. The molecule has 0 radical (unpaired) electrons. The van der Waals surface area contributed by atoms with Gasteiger partial charge in [-0.3, -0.25) is 14.4 Å². The van der Waals surface area contributed by atoms with Crippen LogP contribution in [-0.2, 0) is 25.5 Å². The second kappa shape index (κ2) is 7.94. The van der Waals surface area contributed by atoms with Crippen LogP contribution in [0.3, 0.4) is 0 Å². The van der Waals surface area contributed by atoms with Crippen LogP contribution in [0.5, 0.6) is 0 Å². The van der Waals surface area contributed by atoms with E-state index in [4.69, 9.17) is 4.74 Å². The number of hydrogen-bond acceptors (Lipinski definition) is 4. The zero-order valence-electron chi connectivity index (χ0n) is 14.8. The normalized spacial score (nSPS) is 25.6. The number of cyclic esters (lactones) is 1. The zero-order chi connectivity index (χ0) is 17.8. The lowest BCUT2D eigenvalue weighted by Crippen LogP contribution is -2.33. The Morgan fingerprint density at radius 3 is 2.48 bits per heavy atom. The first-order valence-corrected chi connectivity index (χ1v) is 9.38. The second-order valence-corrected chi connectivity index (χ2v) is 7.49. The fourth-order valence-corrected chi connectivity index (χ4v) is 4.07. The number of hydrogen-bond donors (Lipinski definition) is 0. The molecule has 2 fully saturated rings. The van der Waals surface area contributed by atoms with Gasteiger partial charge in [0, 0.05) is 5.92 Å². The highest BCUT2D eigenvalue weighted by molar-refractivity contribution is 6.22. The lowest BCUT2D eigenvalue weighted by atomic mass is 9.82. The monoisotopic (exact) mass is 342 g/mol. The largest absolute Gasteiger partial charge is 0.453 e. The SMILES string of the molecule is CC(Cc1ccccc1)C(=O)C1C(=O)OC(CC2CCCCC2)C1=O. The molecule has 0 amide bonds. The van der Waals surface area contributed by atoms with Gasteiger partial charge in [-0.1, -0.05) is 69.4 Å². The van der Waals surface area contributed by atoms with Gasteiger partial charge in [0.15, 0.2) is 23.6 Å². The van der Waals surface area contributed by atoms with Crippen molar-refractivity contribution < 1.29 is 19.1 Å². The minimum Gasteiger partial charge on any atom is -0.453 e. The number of ketones is 2. The summed E-state index contributed by atoms with van der Waals surface area (Å²) < 4.78 is 5.30. The highest BCUT2D eigenvalue weighted by atomic mass is 16.6. The molecule has 0 aromatic heterocycles. The summed E-state index contributed by atoms with van der Waals surface area (Å²) in [7, 11) is 0. The van der Waals surface area contributed by atoms with E-state index in [-0.39, 0.29) is 17.5 Å². The molecule has 3 unspecified atom stereocenters. The first kappa shape index (κ1) is 17.8. The van der Waals surface area contributed by atoms with Crippen LogP contribution in [-0.4, -0.2) is 23.6 Å². The third-order valence-electron chi connectivity index (χ3n) is 5.52. The number of esters is 1. The van der Waals surface area contributed by atoms with E-state index in [1.54, 1.807) is 6.92 Å². The topological polar surface area (TPSA) is 60.4 Å². The van der Waals surface area contributed by atoms with Gasteiger partial charge in [-0.15, -0.1) is 0 Å². The maximum absolute atomic E-state index is 12.7. The van der Waals surface area contributed by atoms with Crippen LogP contribution in [0.15, 0.2) is 30.3 Å². The van der Waals surface area contributed by atoms with Crippen molar-refractivity contribution in [3.63, 3.8) is 0 Å². The summed E-state index contributed by atoms with van der Waals surface area (Å²) >= 11 is 0. The molecule has 1 aliphatic heterocycles. The smallest absolute Gasteiger partial charge is 0.325 e. The van der Waals surface area contributed by atoms with Crippen LogP contribution in [0.4, 0.5) is 0 Å². The Balaban J connectivity index is 1.61. The van der Waals surface area contributed by atoms with Gasteiger partial charge < -0.3 is 4.74 Å². The predicted octanol–water partition coefficient (Wildman–Crippen LogP) is 3.52. The van der Waals surface area contributed by atoms with Gasteiger partial charge in [-0.2, -0.15) is 0 Å². The van der Waals surface area contributed by atoms with E-state index in [9.17, 15) is 14.4 Å². The average Bonchev–Trinajstić information content (AvgIpc) is 2.89. The molecule has 0 bridgehead atoms. The van der Waals surface area contributed by atoms with Crippen molar-refractivity contribution in [2.75, 3.05) is 0 Å². The number of carbonyl (C=O) groups excluding carboxylic acids is 3. The third kappa shape index (κ3) is 4.17. The minimum atomic E-state index is -1.22. The summed E-state index contributed by atoms with van der Waals surface area (Å²) in [5.41, 5.74) is 1.03. The Morgan fingerprint density at radius 2 is 1.80 bits per heavy atom. The van der Waals surface area contributed by atoms with E-state index in [0.717, 1.165) is 18.4 Å². The maximum atomic E-state index is 12.7. The third-order valence-corrected chi connectivity index (χ3v) is 5.52. The van der Waals surface area contributed by atoms with E-state index in [1.165, 1.54) is 19.3 Å². The van der Waals surface area contributed by atoms with Gasteiger partial charge in [0.25, 0.3) is 0 Å². The molecule has 0 N–H and O–H groups in total. The molecule has 3 atom stereocenters. The first-order chi connectivity index (χ1) is 12.1. The number of ether oxygens (including phenoxy) is 1. The predicted molar refractivity (Wildman–Crippen MR) is 93.9 cm³/mol. The van der Waals surface area contributed by atoms with E-state index in [2.05, 4.69) is 0 Å². The summed E-state index contributed by atoms with van der Waals surface area (Å²) in [5, 5.41) is 0. The molecule has 1 saturated heterocycles. The van der Waals surface area contributed by atoms with Gasteiger partial charge in [-0.05, 0) is 24.3 Å². The molecule has 4 nitrogen and oxygen atoms in total. The summed E-state index contributed by atoms with van der Waals surface area (Å²) in [5.74, 6) is -2.42. The van der Waals surface area contributed by atoms with Crippen LogP contribution in [0.2, 0.25) is 0 Å². The molecule has 3 rings (SSSR count). The van der Waals surface area contributed by atoms with Crippen molar-refractivity contribution >= 4 is 17.5 Å². The van der Waals surface area contributed by atoms with Crippen molar-refractivity contribution in [2.24, 2.45) is 17.8 Å². The summed E-state index contributed by atoms with van der Waals surface area (Å²) in [6.45, 7) is 1.78. The van der Waals surface area contributed by atoms with E-state index < -0.39 is 18.0 Å². The quantitative estimate of drug-likeness (QED) is 0.586. The van der Waals surface area contributed by atoms with E-state index in [1.807, 2.05) is 30.3 Å². The average molecular weight is 342 g/mol. The van der Waals surface area contributed by atoms with Gasteiger partial charge in [-0.25, -0.2) is 0 Å². The van der Waals surface area contributed by atoms with Crippen LogP contribution >= 0.6 is 0 Å². The number of Topliss-reactive ketones (excluding diaryl/α,β-unsaturated/α-hetero) is 2. The number of rotatable bonds is 6. The van der Waals surface area contributed by atoms with Crippen molar-refractivity contribution in [2.45, 2.75) is 58.0 Å². The molecular weight excluding hydrogens is 316 g/mol.